The van der Waals surface area contributed by atoms with Crippen molar-refractivity contribution in [1.82, 2.24) is 16.1 Å². The van der Waals surface area contributed by atoms with Crippen LogP contribution in [0.3, 0.4) is 0 Å². The van der Waals surface area contributed by atoms with Crippen LogP contribution in [0.1, 0.15) is 40.5 Å². The summed E-state index contributed by atoms with van der Waals surface area (Å²) in [5.41, 5.74) is 2.20. The maximum atomic E-state index is 11.5. The lowest BCUT2D eigenvalue weighted by Gasteiger charge is -2.19. The number of hydrazine groups is 1. The Morgan fingerprint density at radius 2 is 2.00 bits per heavy atom. The van der Waals surface area contributed by atoms with E-state index in [0.717, 1.165) is 19.4 Å². The van der Waals surface area contributed by atoms with Gasteiger partial charge >= 0.3 is 0 Å². The largest absolute Gasteiger partial charge is 0.355 e. The van der Waals surface area contributed by atoms with Crippen molar-refractivity contribution in [2.75, 3.05) is 13.1 Å². The molecule has 0 radical (unpaired) electrons. The molecule has 0 aliphatic rings. The summed E-state index contributed by atoms with van der Waals surface area (Å²) in [5, 5.41) is 5.85. The van der Waals surface area contributed by atoms with E-state index in [2.05, 4.69) is 28.0 Å². The summed E-state index contributed by atoms with van der Waals surface area (Å²) in [6, 6.07) is 0. The summed E-state index contributed by atoms with van der Waals surface area (Å²) in [6.45, 7) is 8.74. The number of carbonyl (C=O) groups is 1. The van der Waals surface area contributed by atoms with Crippen LogP contribution in [0.4, 0.5) is 0 Å². The van der Waals surface area contributed by atoms with Gasteiger partial charge in [-0.1, -0.05) is 13.3 Å². The molecule has 0 aliphatic carbocycles. The number of nitrogens with one attached hydrogen (secondary N) is 3. The number of hydrogen-bond donors (Lipinski definition) is 4. The molecule has 0 saturated heterocycles. The first-order valence-electron chi connectivity index (χ1n) is 5.95. The molecule has 1 amide bonds. The molecular weight excluding hydrogens is 218 g/mol. The molecule has 17 heavy (non-hydrogen) atoms. The molecule has 6 nitrogen and oxygen atoms in total. The standard InChI is InChI=1S/C11H25N5O/c1-5-6-7-13-10(16-12)14-8-9(17)15-11(2,3)4/h5-8,12H2,1-4H3,(H,15,17)(H2,13,14,16). The second kappa shape index (κ2) is 7.89. The average molecular weight is 243 g/mol. The molecule has 0 aromatic carbocycles. The third kappa shape index (κ3) is 9.62. The van der Waals surface area contributed by atoms with Crippen molar-refractivity contribution in [2.24, 2.45) is 10.8 Å². The summed E-state index contributed by atoms with van der Waals surface area (Å²) >= 11 is 0. The fourth-order valence-corrected chi connectivity index (χ4v) is 1.14. The van der Waals surface area contributed by atoms with Crippen LogP contribution in [-0.4, -0.2) is 30.5 Å². The minimum absolute atomic E-state index is 0.0654. The number of amides is 1. The van der Waals surface area contributed by atoms with E-state index in [4.69, 9.17) is 5.84 Å². The normalized spacial score (nSPS) is 12.2. The van der Waals surface area contributed by atoms with Gasteiger partial charge in [0.05, 0.1) is 0 Å². The van der Waals surface area contributed by atoms with Gasteiger partial charge in [-0.15, -0.1) is 0 Å². The lowest BCUT2D eigenvalue weighted by atomic mass is 10.1. The van der Waals surface area contributed by atoms with Crippen LogP contribution in [0.2, 0.25) is 0 Å². The van der Waals surface area contributed by atoms with Crippen LogP contribution in [0, 0.1) is 0 Å². The van der Waals surface area contributed by atoms with Crippen molar-refractivity contribution < 1.29 is 4.79 Å². The predicted molar refractivity (Wildman–Crippen MR) is 70.4 cm³/mol. The second-order valence-electron chi connectivity index (χ2n) is 4.89. The first kappa shape index (κ1) is 15.7. The Hall–Kier alpha value is -1.30. The topological polar surface area (TPSA) is 91.5 Å². The van der Waals surface area contributed by atoms with Crippen molar-refractivity contribution in [3.8, 4) is 0 Å². The van der Waals surface area contributed by atoms with Crippen LogP contribution in [0.25, 0.3) is 0 Å². The number of hydrogen-bond acceptors (Lipinski definition) is 3. The van der Waals surface area contributed by atoms with Crippen LogP contribution < -0.4 is 21.9 Å². The lowest BCUT2D eigenvalue weighted by molar-refractivity contribution is -0.121. The van der Waals surface area contributed by atoms with Gasteiger partial charge in [0.15, 0.2) is 0 Å². The van der Waals surface area contributed by atoms with Crippen molar-refractivity contribution in [3.63, 3.8) is 0 Å². The third-order valence-corrected chi connectivity index (χ3v) is 1.85. The summed E-state index contributed by atoms with van der Waals surface area (Å²) in [5.74, 6) is 5.62. The summed E-state index contributed by atoms with van der Waals surface area (Å²) in [4.78, 5) is 15.5. The van der Waals surface area contributed by atoms with Gasteiger partial charge in [0.1, 0.15) is 6.54 Å². The number of aliphatic imine (C=N–C) groups is 1. The summed E-state index contributed by atoms with van der Waals surface area (Å²) in [6.07, 6.45) is 2.13. The third-order valence-electron chi connectivity index (χ3n) is 1.85. The molecule has 0 atom stereocenters. The Morgan fingerprint density at radius 1 is 1.35 bits per heavy atom. The highest BCUT2D eigenvalue weighted by atomic mass is 16.2. The minimum Gasteiger partial charge on any atom is -0.355 e. The Morgan fingerprint density at radius 3 is 2.47 bits per heavy atom. The first-order chi connectivity index (χ1) is 7.89. The van der Waals surface area contributed by atoms with Crippen LogP contribution in [0.15, 0.2) is 4.99 Å². The average Bonchev–Trinajstić information content (AvgIpc) is 2.20. The van der Waals surface area contributed by atoms with E-state index in [9.17, 15) is 4.79 Å². The number of unbranched alkanes of at least 4 members (excludes halogenated alkanes) is 1. The van der Waals surface area contributed by atoms with E-state index < -0.39 is 0 Å². The molecule has 100 valence electrons. The highest BCUT2D eigenvalue weighted by Gasteiger charge is 2.12. The van der Waals surface area contributed by atoms with E-state index in [1.165, 1.54) is 0 Å². The predicted octanol–water partition coefficient (Wildman–Crippen LogP) is 0.110. The molecule has 0 saturated carbocycles. The minimum atomic E-state index is -0.238. The maximum Gasteiger partial charge on any atom is 0.242 e. The Kier molecular flexibility index (Phi) is 7.29. The molecule has 0 aromatic rings. The number of nitrogens with two attached hydrogens (primary N) is 1. The van der Waals surface area contributed by atoms with Gasteiger partial charge in [-0.3, -0.25) is 10.2 Å². The molecule has 0 rings (SSSR count). The molecule has 0 aromatic heterocycles. The van der Waals surface area contributed by atoms with E-state index in [1.807, 2.05) is 20.8 Å². The number of rotatable bonds is 5. The highest BCUT2D eigenvalue weighted by Crippen LogP contribution is 1.97. The molecule has 0 unspecified atom stereocenters. The molecule has 0 heterocycles. The van der Waals surface area contributed by atoms with E-state index in [1.54, 1.807) is 0 Å². The first-order valence-corrected chi connectivity index (χ1v) is 5.95. The molecule has 6 heteroatoms. The van der Waals surface area contributed by atoms with Crippen molar-refractivity contribution in [2.45, 2.75) is 46.1 Å². The molecule has 5 N–H and O–H groups in total. The van der Waals surface area contributed by atoms with Crippen LogP contribution >= 0.6 is 0 Å². The maximum absolute atomic E-state index is 11.5. The van der Waals surface area contributed by atoms with E-state index in [0.29, 0.717) is 5.96 Å². The Balaban J connectivity index is 4.04. The quantitative estimate of drug-likeness (QED) is 0.181. The monoisotopic (exact) mass is 243 g/mol. The zero-order valence-corrected chi connectivity index (χ0v) is 11.3. The smallest absolute Gasteiger partial charge is 0.242 e. The van der Waals surface area contributed by atoms with Crippen molar-refractivity contribution >= 4 is 11.9 Å². The molecular formula is C11H25N5O. The number of guanidine groups is 1. The Bertz CT molecular complexity index is 257. The van der Waals surface area contributed by atoms with Crippen molar-refractivity contribution in [3.05, 3.63) is 0 Å². The summed E-state index contributed by atoms with van der Waals surface area (Å²) < 4.78 is 0. The van der Waals surface area contributed by atoms with Gasteiger partial charge in [0.2, 0.25) is 11.9 Å². The number of carbonyl (C=O) groups excluding carboxylic acids is 1. The molecule has 0 bridgehead atoms. The lowest BCUT2D eigenvalue weighted by Crippen LogP contribution is -2.44. The SMILES string of the molecule is CCCCNC(=NCC(=O)NC(C)(C)C)NN. The molecule has 0 spiro atoms. The van der Waals surface area contributed by atoms with E-state index >= 15 is 0 Å². The molecule has 0 aliphatic heterocycles. The summed E-state index contributed by atoms with van der Waals surface area (Å²) in [7, 11) is 0. The zero-order chi connectivity index (χ0) is 13.3. The van der Waals surface area contributed by atoms with Crippen molar-refractivity contribution in [1.29, 1.82) is 0 Å². The van der Waals surface area contributed by atoms with Gasteiger partial charge in [-0.05, 0) is 27.2 Å². The highest BCUT2D eigenvalue weighted by molar-refractivity contribution is 5.84. The fraction of sp³-hybridized carbons (Fsp3) is 0.818. The molecule has 0 fully saturated rings. The van der Waals surface area contributed by atoms with Gasteiger partial charge in [-0.2, -0.15) is 0 Å². The zero-order valence-electron chi connectivity index (χ0n) is 11.3. The Labute approximate surface area is 103 Å². The van der Waals surface area contributed by atoms with Gasteiger partial charge < -0.3 is 10.6 Å². The van der Waals surface area contributed by atoms with Gasteiger partial charge in [0, 0.05) is 12.1 Å². The van der Waals surface area contributed by atoms with Crippen LogP contribution in [-0.2, 0) is 4.79 Å². The van der Waals surface area contributed by atoms with E-state index in [-0.39, 0.29) is 18.0 Å². The van der Waals surface area contributed by atoms with Gasteiger partial charge in [-0.25, -0.2) is 10.8 Å². The number of nitrogens with zero attached hydrogens (tertiary/aromatic N) is 1. The van der Waals surface area contributed by atoms with Gasteiger partial charge in [0.25, 0.3) is 0 Å². The van der Waals surface area contributed by atoms with Crippen LogP contribution in [0.5, 0.6) is 0 Å². The fourth-order valence-electron chi connectivity index (χ4n) is 1.14. The second-order valence-corrected chi connectivity index (χ2v) is 4.89.